The van der Waals surface area contributed by atoms with Crippen LogP contribution >= 0.6 is 28.1 Å². The third kappa shape index (κ3) is 6.77. The number of amides is 1. The molecule has 0 atom stereocenters. The van der Waals surface area contributed by atoms with Gasteiger partial charge in [0.1, 0.15) is 5.75 Å². The minimum atomic E-state index is -3.63. The van der Waals surface area contributed by atoms with Gasteiger partial charge in [-0.1, -0.05) is 15.9 Å². The summed E-state index contributed by atoms with van der Waals surface area (Å²) < 4.78 is 33.2. The molecule has 0 aromatic heterocycles. The number of hydrogen-bond acceptors (Lipinski definition) is 5. The molecule has 10 heteroatoms. The Hall–Kier alpha value is -2.01. The van der Waals surface area contributed by atoms with Crippen molar-refractivity contribution >= 4 is 54.9 Å². The van der Waals surface area contributed by atoms with Crippen LogP contribution in [0.5, 0.6) is 5.75 Å². The second kappa shape index (κ2) is 9.21. The standard InChI is InChI=1S/C19H22BrN3O4S2/c1-19(2,3)23-29(25,26)14-8-6-13(7-9-14)21-18(28)22-17(24)15-11-12(20)5-10-16(15)27-4/h5-11,23H,1-4H3,(H2,21,22,24,28). The Kier molecular flexibility index (Phi) is 7.39. The third-order valence-corrected chi connectivity index (χ3v) is 5.97. The van der Waals surface area contributed by atoms with Crippen molar-refractivity contribution in [2.75, 3.05) is 12.4 Å². The zero-order valence-electron chi connectivity index (χ0n) is 16.4. The van der Waals surface area contributed by atoms with Gasteiger partial charge >= 0.3 is 0 Å². The van der Waals surface area contributed by atoms with Gasteiger partial charge in [-0.15, -0.1) is 0 Å². The highest BCUT2D eigenvalue weighted by Crippen LogP contribution is 2.23. The predicted octanol–water partition coefficient (Wildman–Crippen LogP) is 3.66. The first-order valence-electron chi connectivity index (χ1n) is 8.51. The van der Waals surface area contributed by atoms with E-state index < -0.39 is 21.5 Å². The summed E-state index contributed by atoms with van der Waals surface area (Å²) >= 11 is 8.49. The van der Waals surface area contributed by atoms with E-state index in [-0.39, 0.29) is 10.0 Å². The SMILES string of the molecule is COc1ccc(Br)cc1C(=O)NC(=S)Nc1ccc(S(=O)(=O)NC(C)(C)C)cc1. The van der Waals surface area contributed by atoms with Crippen LogP contribution in [-0.2, 0) is 10.0 Å². The van der Waals surface area contributed by atoms with Crippen molar-refractivity contribution in [1.29, 1.82) is 0 Å². The van der Waals surface area contributed by atoms with Gasteiger partial charge in [0.15, 0.2) is 5.11 Å². The summed E-state index contributed by atoms with van der Waals surface area (Å²) in [5.41, 5.74) is 0.265. The zero-order valence-corrected chi connectivity index (χ0v) is 19.6. The van der Waals surface area contributed by atoms with Crippen LogP contribution in [0, 0.1) is 0 Å². The molecule has 0 aliphatic rings. The first-order chi connectivity index (χ1) is 13.4. The summed E-state index contributed by atoms with van der Waals surface area (Å²) in [5.74, 6) is -0.0244. The summed E-state index contributed by atoms with van der Waals surface area (Å²) in [6, 6.07) is 11.1. The molecule has 3 N–H and O–H groups in total. The molecule has 1 amide bonds. The van der Waals surface area contributed by atoms with Crippen LogP contribution in [0.25, 0.3) is 0 Å². The van der Waals surface area contributed by atoms with Gasteiger partial charge < -0.3 is 10.1 Å². The number of ether oxygens (including phenoxy) is 1. The van der Waals surface area contributed by atoms with Crippen LogP contribution in [0.3, 0.4) is 0 Å². The van der Waals surface area contributed by atoms with E-state index in [0.717, 1.165) is 4.47 Å². The molecule has 0 aliphatic heterocycles. The molecular formula is C19H22BrN3O4S2. The molecule has 0 bridgehead atoms. The van der Waals surface area contributed by atoms with Gasteiger partial charge in [0.25, 0.3) is 5.91 Å². The topological polar surface area (TPSA) is 96.5 Å². The van der Waals surface area contributed by atoms with E-state index in [9.17, 15) is 13.2 Å². The number of halogens is 1. The summed E-state index contributed by atoms with van der Waals surface area (Å²) in [5, 5.41) is 5.50. The maximum Gasteiger partial charge on any atom is 0.261 e. The van der Waals surface area contributed by atoms with E-state index in [2.05, 4.69) is 31.3 Å². The largest absolute Gasteiger partial charge is 0.496 e. The molecule has 0 saturated carbocycles. The molecule has 2 aromatic carbocycles. The van der Waals surface area contributed by atoms with E-state index in [4.69, 9.17) is 17.0 Å². The number of anilines is 1. The second-order valence-corrected chi connectivity index (χ2v) is 10.1. The molecule has 0 fully saturated rings. The highest BCUT2D eigenvalue weighted by molar-refractivity contribution is 9.10. The van der Waals surface area contributed by atoms with Crippen molar-refractivity contribution in [2.24, 2.45) is 0 Å². The number of sulfonamides is 1. The van der Waals surface area contributed by atoms with Gasteiger partial charge in [0.05, 0.1) is 17.6 Å². The number of carbonyl (C=O) groups excluding carboxylic acids is 1. The van der Waals surface area contributed by atoms with Gasteiger partial charge in [-0.2, -0.15) is 0 Å². The smallest absolute Gasteiger partial charge is 0.261 e. The number of thiocarbonyl (C=S) groups is 1. The molecule has 2 aromatic rings. The van der Waals surface area contributed by atoms with Crippen molar-refractivity contribution in [3.8, 4) is 5.75 Å². The Morgan fingerprint density at radius 2 is 1.72 bits per heavy atom. The van der Waals surface area contributed by atoms with E-state index in [0.29, 0.717) is 17.0 Å². The van der Waals surface area contributed by atoms with Gasteiger partial charge in [0.2, 0.25) is 10.0 Å². The minimum Gasteiger partial charge on any atom is -0.496 e. The summed E-state index contributed by atoms with van der Waals surface area (Å²) in [6.45, 7) is 5.30. The maximum absolute atomic E-state index is 12.5. The fourth-order valence-electron chi connectivity index (χ4n) is 2.37. The molecule has 0 aliphatic carbocycles. The fraction of sp³-hybridized carbons (Fsp3) is 0.263. The van der Waals surface area contributed by atoms with E-state index in [1.165, 1.54) is 19.2 Å². The lowest BCUT2D eigenvalue weighted by molar-refractivity contribution is 0.0974. The van der Waals surface area contributed by atoms with E-state index in [1.54, 1.807) is 51.1 Å². The fourth-order valence-corrected chi connectivity index (χ4v) is 4.36. The van der Waals surface area contributed by atoms with E-state index in [1.807, 2.05) is 0 Å². The summed E-state index contributed by atoms with van der Waals surface area (Å²) in [7, 11) is -2.16. The van der Waals surface area contributed by atoms with Crippen molar-refractivity contribution in [3.05, 3.63) is 52.5 Å². The van der Waals surface area contributed by atoms with Crippen molar-refractivity contribution < 1.29 is 17.9 Å². The molecular weight excluding hydrogens is 478 g/mol. The summed E-state index contributed by atoms with van der Waals surface area (Å²) in [4.78, 5) is 12.6. The first-order valence-corrected chi connectivity index (χ1v) is 11.2. The highest BCUT2D eigenvalue weighted by atomic mass is 79.9. The monoisotopic (exact) mass is 499 g/mol. The average Bonchev–Trinajstić information content (AvgIpc) is 2.60. The van der Waals surface area contributed by atoms with Gasteiger partial charge in [0, 0.05) is 15.7 Å². The first kappa shape index (κ1) is 23.3. The minimum absolute atomic E-state index is 0.0699. The lowest BCUT2D eigenvalue weighted by Gasteiger charge is -2.20. The van der Waals surface area contributed by atoms with Crippen molar-refractivity contribution in [3.63, 3.8) is 0 Å². The lowest BCUT2D eigenvalue weighted by Crippen LogP contribution is -2.40. The van der Waals surface area contributed by atoms with Gasteiger partial charge in [-0.3, -0.25) is 10.1 Å². The number of hydrogen-bond donors (Lipinski definition) is 3. The molecule has 0 saturated heterocycles. The van der Waals surface area contributed by atoms with Crippen LogP contribution in [0.15, 0.2) is 51.8 Å². The molecule has 7 nitrogen and oxygen atoms in total. The number of methoxy groups -OCH3 is 1. The van der Waals surface area contributed by atoms with Gasteiger partial charge in [-0.25, -0.2) is 13.1 Å². The van der Waals surface area contributed by atoms with E-state index >= 15 is 0 Å². The molecule has 0 unspecified atom stereocenters. The maximum atomic E-state index is 12.5. The van der Waals surface area contributed by atoms with Crippen molar-refractivity contribution in [2.45, 2.75) is 31.2 Å². The van der Waals surface area contributed by atoms with Crippen LogP contribution in [0.2, 0.25) is 0 Å². The Bertz CT molecular complexity index is 1020. The number of benzene rings is 2. The molecule has 0 spiro atoms. The molecule has 2 rings (SSSR count). The lowest BCUT2D eigenvalue weighted by atomic mass is 10.1. The molecule has 0 heterocycles. The van der Waals surface area contributed by atoms with Crippen LogP contribution < -0.4 is 20.1 Å². The quantitative estimate of drug-likeness (QED) is 0.543. The van der Waals surface area contributed by atoms with Crippen LogP contribution in [-0.4, -0.2) is 32.1 Å². The Labute approximate surface area is 184 Å². The highest BCUT2D eigenvalue weighted by Gasteiger charge is 2.22. The molecule has 156 valence electrons. The number of nitrogens with one attached hydrogen (secondary N) is 3. The Morgan fingerprint density at radius 3 is 2.28 bits per heavy atom. The number of carbonyl (C=O) groups is 1. The Morgan fingerprint density at radius 1 is 1.10 bits per heavy atom. The van der Waals surface area contributed by atoms with Crippen LogP contribution in [0.4, 0.5) is 5.69 Å². The molecule has 29 heavy (non-hydrogen) atoms. The average molecular weight is 500 g/mol. The van der Waals surface area contributed by atoms with Crippen LogP contribution in [0.1, 0.15) is 31.1 Å². The summed E-state index contributed by atoms with van der Waals surface area (Å²) in [6.07, 6.45) is 0. The normalized spacial score (nSPS) is 11.6. The zero-order chi connectivity index (χ0) is 21.8. The molecule has 0 radical (unpaired) electrons. The van der Waals surface area contributed by atoms with Crippen molar-refractivity contribution in [1.82, 2.24) is 10.0 Å². The third-order valence-electron chi connectivity index (χ3n) is 3.50. The number of rotatable bonds is 5. The predicted molar refractivity (Wildman–Crippen MR) is 121 cm³/mol. The second-order valence-electron chi connectivity index (χ2n) is 7.13. The Balaban J connectivity index is 2.06. The van der Waals surface area contributed by atoms with Gasteiger partial charge in [-0.05, 0) is 75.5 Å².